The molecule has 2 aromatic rings. The molecule has 4 nitrogen and oxygen atoms in total. The molecule has 0 fully saturated rings. The molecule has 1 unspecified atom stereocenters. The highest BCUT2D eigenvalue weighted by Gasteiger charge is 2.19. The van der Waals surface area contributed by atoms with Crippen molar-refractivity contribution in [2.24, 2.45) is 7.05 Å². The molecule has 0 saturated heterocycles. The summed E-state index contributed by atoms with van der Waals surface area (Å²) >= 11 is 0. The maximum Gasteiger partial charge on any atom is 0.124 e. The molecule has 1 N–H and O–H groups in total. The van der Waals surface area contributed by atoms with Gasteiger partial charge in [-0.1, -0.05) is 6.92 Å². The fourth-order valence-electron chi connectivity index (χ4n) is 2.13. The van der Waals surface area contributed by atoms with Gasteiger partial charge in [-0.25, -0.2) is 4.39 Å². The predicted octanol–water partition coefficient (Wildman–Crippen LogP) is 2.27. The van der Waals surface area contributed by atoms with Crippen LogP contribution in [0.3, 0.4) is 0 Å². The number of nitrogens with one attached hydrogen (secondary N) is 1. The number of nitrogens with zero attached hydrogens (tertiary/aromatic N) is 2. The third-order valence-electron chi connectivity index (χ3n) is 2.97. The topological polar surface area (TPSA) is 39.1 Å². The number of benzene rings is 1. The van der Waals surface area contributed by atoms with Crippen LogP contribution in [0, 0.1) is 5.82 Å². The van der Waals surface area contributed by atoms with Gasteiger partial charge in [0.15, 0.2) is 0 Å². The van der Waals surface area contributed by atoms with Crippen LogP contribution in [0.2, 0.25) is 0 Å². The van der Waals surface area contributed by atoms with E-state index in [1.54, 1.807) is 24.1 Å². The molecule has 5 heteroatoms. The van der Waals surface area contributed by atoms with E-state index in [1.165, 1.54) is 12.1 Å². The maximum atomic E-state index is 13.5. The molecule has 0 aliphatic carbocycles. The molecule has 0 bridgehead atoms. The van der Waals surface area contributed by atoms with Gasteiger partial charge in [0.05, 0.1) is 19.3 Å². The highest BCUT2D eigenvalue weighted by atomic mass is 19.1. The van der Waals surface area contributed by atoms with Crippen LogP contribution in [-0.2, 0) is 7.05 Å². The van der Waals surface area contributed by atoms with Crippen molar-refractivity contribution in [3.05, 3.63) is 47.5 Å². The molecule has 0 aliphatic heterocycles. The molecule has 2 rings (SSSR count). The van der Waals surface area contributed by atoms with Crippen molar-refractivity contribution < 1.29 is 9.13 Å². The number of aromatic nitrogens is 2. The smallest absolute Gasteiger partial charge is 0.124 e. The summed E-state index contributed by atoms with van der Waals surface area (Å²) in [5, 5.41) is 7.50. The lowest BCUT2D eigenvalue weighted by Gasteiger charge is -2.19. The fourth-order valence-corrected chi connectivity index (χ4v) is 2.13. The number of hydrogen-bond acceptors (Lipinski definition) is 3. The molecular formula is C14H18FN3O. The van der Waals surface area contributed by atoms with Gasteiger partial charge in [-0.3, -0.25) is 4.68 Å². The van der Waals surface area contributed by atoms with E-state index in [2.05, 4.69) is 10.4 Å². The lowest BCUT2D eigenvalue weighted by molar-refractivity contribution is 0.402. The minimum Gasteiger partial charge on any atom is -0.496 e. The SMILES string of the molecule is CCNC(c1cnn(C)c1)c1cc(F)ccc1OC. The second-order valence-corrected chi connectivity index (χ2v) is 4.32. The van der Waals surface area contributed by atoms with Crippen LogP contribution in [-0.4, -0.2) is 23.4 Å². The quantitative estimate of drug-likeness (QED) is 0.899. The van der Waals surface area contributed by atoms with Gasteiger partial charge in [-0.05, 0) is 24.7 Å². The van der Waals surface area contributed by atoms with Gasteiger partial charge in [0.2, 0.25) is 0 Å². The average molecular weight is 263 g/mol. The van der Waals surface area contributed by atoms with Gasteiger partial charge in [-0.2, -0.15) is 5.10 Å². The first kappa shape index (κ1) is 13.5. The Balaban J connectivity index is 2.46. The van der Waals surface area contributed by atoms with Gasteiger partial charge in [0.1, 0.15) is 11.6 Å². The van der Waals surface area contributed by atoms with Gasteiger partial charge in [-0.15, -0.1) is 0 Å². The van der Waals surface area contributed by atoms with Crippen molar-refractivity contribution >= 4 is 0 Å². The first-order chi connectivity index (χ1) is 9.15. The molecule has 1 heterocycles. The van der Waals surface area contributed by atoms with E-state index >= 15 is 0 Å². The largest absolute Gasteiger partial charge is 0.496 e. The molecule has 0 amide bonds. The molecule has 1 atom stereocenters. The zero-order chi connectivity index (χ0) is 13.8. The van der Waals surface area contributed by atoms with E-state index < -0.39 is 0 Å². The number of methoxy groups -OCH3 is 1. The first-order valence-electron chi connectivity index (χ1n) is 6.21. The highest BCUT2D eigenvalue weighted by Crippen LogP contribution is 2.30. The predicted molar refractivity (Wildman–Crippen MR) is 71.7 cm³/mol. The number of aryl methyl sites for hydroxylation is 1. The van der Waals surface area contributed by atoms with Crippen LogP contribution in [0.1, 0.15) is 24.1 Å². The monoisotopic (exact) mass is 263 g/mol. The van der Waals surface area contributed by atoms with E-state index in [0.29, 0.717) is 5.75 Å². The molecule has 102 valence electrons. The molecule has 0 aliphatic rings. The zero-order valence-electron chi connectivity index (χ0n) is 11.4. The summed E-state index contributed by atoms with van der Waals surface area (Å²) in [6, 6.07) is 4.41. The van der Waals surface area contributed by atoms with Crippen molar-refractivity contribution in [3.63, 3.8) is 0 Å². The molecule has 1 aromatic heterocycles. The van der Waals surface area contributed by atoms with Crippen LogP contribution < -0.4 is 10.1 Å². The Morgan fingerprint density at radius 1 is 1.47 bits per heavy atom. The van der Waals surface area contributed by atoms with Crippen molar-refractivity contribution in [3.8, 4) is 5.75 Å². The van der Waals surface area contributed by atoms with E-state index in [-0.39, 0.29) is 11.9 Å². The highest BCUT2D eigenvalue weighted by molar-refractivity contribution is 5.41. The minimum absolute atomic E-state index is 0.135. The normalized spacial score (nSPS) is 12.4. The summed E-state index contributed by atoms with van der Waals surface area (Å²) in [6.45, 7) is 2.77. The Morgan fingerprint density at radius 3 is 2.84 bits per heavy atom. The van der Waals surface area contributed by atoms with E-state index in [4.69, 9.17) is 4.74 Å². The summed E-state index contributed by atoms with van der Waals surface area (Å²) in [7, 11) is 3.44. The van der Waals surface area contributed by atoms with Crippen LogP contribution in [0.5, 0.6) is 5.75 Å². The van der Waals surface area contributed by atoms with Crippen molar-refractivity contribution in [2.75, 3.05) is 13.7 Å². The molecular weight excluding hydrogens is 245 g/mol. The Kier molecular flexibility index (Phi) is 4.16. The Labute approximate surface area is 112 Å². The van der Waals surface area contributed by atoms with Crippen LogP contribution in [0.15, 0.2) is 30.6 Å². The maximum absolute atomic E-state index is 13.5. The Morgan fingerprint density at radius 2 is 2.26 bits per heavy atom. The third kappa shape index (κ3) is 2.93. The van der Waals surface area contributed by atoms with E-state index in [0.717, 1.165) is 17.7 Å². The van der Waals surface area contributed by atoms with Gasteiger partial charge in [0.25, 0.3) is 0 Å². The molecule has 0 saturated carbocycles. The summed E-state index contributed by atoms with van der Waals surface area (Å²) < 4.78 is 20.6. The fraction of sp³-hybridized carbons (Fsp3) is 0.357. The van der Waals surface area contributed by atoms with Gasteiger partial charge >= 0.3 is 0 Å². The number of halogens is 1. The standard InChI is InChI=1S/C14H18FN3O/c1-4-16-14(10-8-17-18(2)9-10)12-7-11(15)5-6-13(12)19-3/h5-9,14,16H,4H2,1-3H3. The number of hydrogen-bond donors (Lipinski definition) is 1. The van der Waals surface area contributed by atoms with Crippen LogP contribution in [0.25, 0.3) is 0 Å². The summed E-state index contributed by atoms with van der Waals surface area (Å²) in [5.74, 6) is 0.388. The van der Waals surface area contributed by atoms with Crippen LogP contribution >= 0.6 is 0 Å². The Hall–Kier alpha value is -1.88. The lowest BCUT2D eigenvalue weighted by atomic mass is 10.0. The number of ether oxygens (including phenoxy) is 1. The minimum atomic E-state index is -0.275. The Bertz CT molecular complexity index is 553. The summed E-state index contributed by atoms with van der Waals surface area (Å²) in [4.78, 5) is 0. The zero-order valence-corrected chi connectivity index (χ0v) is 11.4. The molecule has 0 spiro atoms. The second kappa shape index (κ2) is 5.84. The summed E-state index contributed by atoms with van der Waals surface area (Å²) in [6.07, 6.45) is 3.69. The van der Waals surface area contributed by atoms with Crippen molar-refractivity contribution in [2.45, 2.75) is 13.0 Å². The van der Waals surface area contributed by atoms with E-state index in [1.807, 2.05) is 20.2 Å². The van der Waals surface area contributed by atoms with Crippen LogP contribution in [0.4, 0.5) is 4.39 Å². The van der Waals surface area contributed by atoms with Gasteiger partial charge < -0.3 is 10.1 Å². The third-order valence-corrected chi connectivity index (χ3v) is 2.97. The van der Waals surface area contributed by atoms with Crippen molar-refractivity contribution in [1.29, 1.82) is 0 Å². The summed E-state index contributed by atoms with van der Waals surface area (Å²) in [5.41, 5.74) is 1.76. The van der Waals surface area contributed by atoms with E-state index in [9.17, 15) is 4.39 Å². The molecule has 1 aromatic carbocycles. The average Bonchev–Trinajstić information content (AvgIpc) is 2.82. The van der Waals surface area contributed by atoms with Gasteiger partial charge in [0, 0.05) is 24.4 Å². The van der Waals surface area contributed by atoms with Crippen molar-refractivity contribution in [1.82, 2.24) is 15.1 Å². The number of rotatable bonds is 5. The molecule has 0 radical (unpaired) electrons. The second-order valence-electron chi connectivity index (χ2n) is 4.32. The lowest BCUT2D eigenvalue weighted by Crippen LogP contribution is -2.22. The molecule has 19 heavy (non-hydrogen) atoms. The first-order valence-corrected chi connectivity index (χ1v) is 6.21.